The molecule has 2 N–H and O–H groups in total. The van der Waals surface area contributed by atoms with Crippen molar-refractivity contribution in [3.63, 3.8) is 0 Å². The SMILES string of the molecule is CCCN1CCC(NC(=NCc2ccc(F)c(COC)c2)NCC)CC1. The molecule has 2 rings (SSSR count). The van der Waals surface area contributed by atoms with Crippen LogP contribution < -0.4 is 10.6 Å². The molecule has 1 aromatic rings. The number of methoxy groups -OCH3 is 1. The molecule has 1 saturated heterocycles. The highest BCUT2D eigenvalue weighted by Crippen LogP contribution is 2.13. The Morgan fingerprint density at radius 1 is 1.31 bits per heavy atom. The summed E-state index contributed by atoms with van der Waals surface area (Å²) in [5.74, 6) is 0.600. The maximum absolute atomic E-state index is 13.7. The van der Waals surface area contributed by atoms with Crippen LogP contribution >= 0.6 is 0 Å². The van der Waals surface area contributed by atoms with Crippen LogP contribution in [0.15, 0.2) is 23.2 Å². The first-order chi connectivity index (χ1) is 12.7. The van der Waals surface area contributed by atoms with Crippen molar-refractivity contribution in [2.24, 2.45) is 4.99 Å². The van der Waals surface area contributed by atoms with Crippen LogP contribution in [-0.2, 0) is 17.9 Å². The van der Waals surface area contributed by atoms with Gasteiger partial charge in [0, 0.05) is 38.3 Å². The largest absolute Gasteiger partial charge is 0.380 e. The van der Waals surface area contributed by atoms with Crippen LogP contribution in [0.4, 0.5) is 4.39 Å². The number of benzene rings is 1. The van der Waals surface area contributed by atoms with Crippen LogP contribution in [0.1, 0.15) is 44.2 Å². The number of piperidine rings is 1. The standard InChI is InChI=1S/C20H33FN4O/c1-4-10-25-11-8-18(9-12-25)24-20(22-5-2)23-14-16-6-7-19(21)17(13-16)15-26-3/h6-7,13,18H,4-5,8-12,14-15H2,1-3H3,(H2,22,23,24). The monoisotopic (exact) mass is 364 g/mol. The second kappa shape index (κ2) is 11.1. The molecule has 0 spiro atoms. The summed E-state index contributed by atoms with van der Waals surface area (Å²) < 4.78 is 18.8. The summed E-state index contributed by atoms with van der Waals surface area (Å²) in [6.45, 7) is 9.38. The molecule has 0 bridgehead atoms. The number of hydrogen-bond acceptors (Lipinski definition) is 3. The Kier molecular flexibility index (Phi) is 8.85. The Morgan fingerprint density at radius 2 is 2.08 bits per heavy atom. The minimum absolute atomic E-state index is 0.233. The van der Waals surface area contributed by atoms with Gasteiger partial charge in [-0.15, -0.1) is 0 Å². The Hall–Kier alpha value is -1.66. The number of halogens is 1. The molecule has 0 aliphatic carbocycles. The van der Waals surface area contributed by atoms with Crippen LogP contribution in [0.3, 0.4) is 0 Å². The van der Waals surface area contributed by atoms with E-state index < -0.39 is 0 Å². The lowest BCUT2D eigenvalue weighted by Gasteiger charge is -2.32. The minimum Gasteiger partial charge on any atom is -0.380 e. The van der Waals surface area contributed by atoms with Crippen LogP contribution in [-0.4, -0.2) is 50.2 Å². The van der Waals surface area contributed by atoms with E-state index in [1.165, 1.54) is 19.0 Å². The van der Waals surface area contributed by atoms with E-state index in [2.05, 4.69) is 34.4 Å². The second-order valence-corrected chi connectivity index (χ2v) is 6.81. The van der Waals surface area contributed by atoms with Gasteiger partial charge >= 0.3 is 0 Å². The van der Waals surface area contributed by atoms with E-state index in [9.17, 15) is 4.39 Å². The summed E-state index contributed by atoms with van der Waals surface area (Å²) in [5, 5.41) is 6.87. The molecule has 0 amide bonds. The van der Waals surface area contributed by atoms with Crippen molar-refractivity contribution in [2.45, 2.75) is 52.3 Å². The predicted octanol–water partition coefficient (Wildman–Crippen LogP) is 2.90. The van der Waals surface area contributed by atoms with Crippen molar-refractivity contribution in [1.82, 2.24) is 15.5 Å². The molecule has 26 heavy (non-hydrogen) atoms. The second-order valence-electron chi connectivity index (χ2n) is 6.81. The summed E-state index contributed by atoms with van der Waals surface area (Å²) >= 11 is 0. The molecular weight excluding hydrogens is 331 g/mol. The Labute approximate surface area is 157 Å². The summed E-state index contributed by atoms with van der Waals surface area (Å²) in [6.07, 6.45) is 3.49. The molecule has 5 nitrogen and oxygen atoms in total. The summed E-state index contributed by atoms with van der Waals surface area (Å²) in [7, 11) is 1.57. The highest BCUT2D eigenvalue weighted by atomic mass is 19.1. The maximum Gasteiger partial charge on any atom is 0.191 e. The van der Waals surface area contributed by atoms with Gasteiger partial charge in [0.2, 0.25) is 0 Å². The van der Waals surface area contributed by atoms with E-state index in [1.54, 1.807) is 13.2 Å². The molecule has 0 aromatic heterocycles. The number of guanidine groups is 1. The molecule has 1 aliphatic rings. The molecule has 0 radical (unpaired) electrons. The summed E-state index contributed by atoms with van der Waals surface area (Å²) in [6, 6.07) is 5.56. The molecule has 0 unspecified atom stereocenters. The lowest BCUT2D eigenvalue weighted by atomic mass is 10.1. The topological polar surface area (TPSA) is 48.9 Å². The number of nitrogens with one attached hydrogen (secondary N) is 2. The zero-order valence-electron chi connectivity index (χ0n) is 16.4. The molecule has 0 atom stereocenters. The van der Waals surface area contributed by atoms with Crippen molar-refractivity contribution >= 4 is 5.96 Å². The fraction of sp³-hybridized carbons (Fsp3) is 0.650. The van der Waals surface area contributed by atoms with Gasteiger partial charge in [-0.1, -0.05) is 13.0 Å². The van der Waals surface area contributed by atoms with Crippen molar-refractivity contribution in [3.05, 3.63) is 35.1 Å². The van der Waals surface area contributed by atoms with Crippen LogP contribution in [0.2, 0.25) is 0 Å². The molecule has 1 aromatic carbocycles. The van der Waals surface area contributed by atoms with E-state index in [4.69, 9.17) is 4.74 Å². The molecule has 1 aliphatic heterocycles. The Morgan fingerprint density at radius 3 is 2.73 bits per heavy atom. The average Bonchev–Trinajstić information content (AvgIpc) is 2.64. The van der Waals surface area contributed by atoms with Crippen molar-refractivity contribution in [2.75, 3.05) is 33.3 Å². The number of nitrogens with zero attached hydrogens (tertiary/aromatic N) is 2. The first-order valence-corrected chi connectivity index (χ1v) is 9.69. The van der Waals surface area contributed by atoms with Crippen molar-refractivity contribution in [1.29, 1.82) is 0 Å². The van der Waals surface area contributed by atoms with Gasteiger partial charge in [-0.3, -0.25) is 0 Å². The average molecular weight is 365 g/mol. The molecule has 1 heterocycles. The highest BCUT2D eigenvalue weighted by Gasteiger charge is 2.19. The van der Waals surface area contributed by atoms with Gasteiger partial charge in [0.15, 0.2) is 5.96 Å². The third kappa shape index (κ3) is 6.57. The van der Waals surface area contributed by atoms with Crippen molar-refractivity contribution in [3.8, 4) is 0 Å². The van der Waals surface area contributed by atoms with Gasteiger partial charge in [-0.25, -0.2) is 9.38 Å². The van der Waals surface area contributed by atoms with Crippen molar-refractivity contribution < 1.29 is 9.13 Å². The Bertz CT molecular complexity index is 571. The van der Waals surface area contributed by atoms with E-state index in [0.717, 1.165) is 44.0 Å². The summed E-state index contributed by atoms with van der Waals surface area (Å²) in [5.41, 5.74) is 1.55. The fourth-order valence-electron chi connectivity index (χ4n) is 3.29. The molecule has 0 saturated carbocycles. The lowest BCUT2D eigenvalue weighted by molar-refractivity contribution is 0.181. The summed E-state index contributed by atoms with van der Waals surface area (Å²) in [4.78, 5) is 7.21. The van der Waals surface area contributed by atoms with E-state index >= 15 is 0 Å². The quantitative estimate of drug-likeness (QED) is 0.550. The number of hydrogen-bond donors (Lipinski definition) is 2. The smallest absolute Gasteiger partial charge is 0.191 e. The van der Waals surface area contributed by atoms with Gasteiger partial charge in [-0.2, -0.15) is 0 Å². The molecule has 1 fully saturated rings. The molecule has 146 valence electrons. The first-order valence-electron chi connectivity index (χ1n) is 9.69. The zero-order chi connectivity index (χ0) is 18.8. The lowest BCUT2D eigenvalue weighted by Crippen LogP contribution is -2.48. The van der Waals surface area contributed by atoms with Gasteiger partial charge in [0.05, 0.1) is 13.2 Å². The third-order valence-electron chi connectivity index (χ3n) is 4.64. The van der Waals surface area contributed by atoms with Gasteiger partial charge < -0.3 is 20.3 Å². The van der Waals surface area contributed by atoms with Gasteiger partial charge in [-0.05, 0) is 50.4 Å². The van der Waals surface area contributed by atoms with E-state index in [0.29, 0.717) is 18.2 Å². The van der Waals surface area contributed by atoms with E-state index in [1.807, 2.05) is 6.07 Å². The predicted molar refractivity (Wildman–Crippen MR) is 105 cm³/mol. The van der Waals surface area contributed by atoms with Gasteiger partial charge in [0.1, 0.15) is 5.82 Å². The normalized spacial score (nSPS) is 16.7. The number of ether oxygens (including phenoxy) is 1. The van der Waals surface area contributed by atoms with Gasteiger partial charge in [0.25, 0.3) is 0 Å². The number of aliphatic imine (C=N–C) groups is 1. The molecule has 6 heteroatoms. The Balaban J connectivity index is 1.93. The van der Waals surface area contributed by atoms with Crippen LogP contribution in [0.5, 0.6) is 0 Å². The van der Waals surface area contributed by atoms with E-state index in [-0.39, 0.29) is 12.4 Å². The zero-order valence-corrected chi connectivity index (χ0v) is 16.4. The van der Waals surface area contributed by atoms with Crippen LogP contribution in [0.25, 0.3) is 0 Å². The number of likely N-dealkylation sites (tertiary alicyclic amines) is 1. The minimum atomic E-state index is -0.233. The molecular formula is C20H33FN4O. The van der Waals surface area contributed by atoms with Crippen LogP contribution in [0, 0.1) is 5.82 Å². The third-order valence-corrected chi connectivity index (χ3v) is 4.64. The fourth-order valence-corrected chi connectivity index (χ4v) is 3.29. The maximum atomic E-state index is 13.7. The first kappa shape index (κ1) is 20.6. The highest BCUT2D eigenvalue weighted by molar-refractivity contribution is 5.80. The number of rotatable bonds is 8.